The van der Waals surface area contributed by atoms with Crippen LogP contribution in [0.1, 0.15) is 32.3 Å². The minimum atomic E-state index is 0.321. The molecule has 4 nitrogen and oxygen atoms in total. The maximum Gasteiger partial charge on any atom is 0.0518 e. The molecule has 0 aromatic carbocycles. The molecule has 0 amide bonds. The third-order valence-corrected chi connectivity index (χ3v) is 3.77. The van der Waals surface area contributed by atoms with Gasteiger partial charge < -0.3 is 9.47 Å². The van der Waals surface area contributed by atoms with Crippen LogP contribution >= 0.6 is 0 Å². The molecule has 2 rings (SSSR count). The van der Waals surface area contributed by atoms with Crippen molar-refractivity contribution in [2.75, 3.05) is 32.9 Å². The smallest absolute Gasteiger partial charge is 0.0518 e. The van der Waals surface area contributed by atoms with Crippen molar-refractivity contribution in [1.29, 1.82) is 0 Å². The standard InChI is InChI=1S/C17H28N2O2/c1-15(2)21-10-3-9-19(13-17-6-11-20-14-17)12-16-4-7-18-8-5-16/h4-5,7-8,15,17H,3,6,9-14H2,1-2H3/t17-/m1/s1. The fourth-order valence-corrected chi connectivity index (χ4v) is 2.68. The van der Waals surface area contributed by atoms with Gasteiger partial charge in [-0.25, -0.2) is 0 Å². The summed E-state index contributed by atoms with van der Waals surface area (Å²) < 4.78 is 11.2. The second-order valence-electron chi connectivity index (χ2n) is 6.09. The van der Waals surface area contributed by atoms with Gasteiger partial charge in [-0.1, -0.05) is 0 Å². The van der Waals surface area contributed by atoms with Crippen LogP contribution < -0.4 is 0 Å². The van der Waals surface area contributed by atoms with E-state index in [2.05, 4.69) is 35.9 Å². The molecule has 0 unspecified atom stereocenters. The van der Waals surface area contributed by atoms with Gasteiger partial charge in [0.25, 0.3) is 0 Å². The van der Waals surface area contributed by atoms with Crippen LogP contribution in [0.15, 0.2) is 24.5 Å². The van der Waals surface area contributed by atoms with Crippen molar-refractivity contribution in [3.63, 3.8) is 0 Å². The molecule has 1 fully saturated rings. The molecule has 118 valence electrons. The van der Waals surface area contributed by atoms with Crippen molar-refractivity contribution in [3.8, 4) is 0 Å². The Labute approximate surface area is 128 Å². The van der Waals surface area contributed by atoms with Gasteiger partial charge in [0.15, 0.2) is 0 Å². The number of aromatic nitrogens is 1. The van der Waals surface area contributed by atoms with E-state index in [4.69, 9.17) is 9.47 Å². The van der Waals surface area contributed by atoms with E-state index < -0.39 is 0 Å². The van der Waals surface area contributed by atoms with Crippen LogP contribution in [0.4, 0.5) is 0 Å². The van der Waals surface area contributed by atoms with Gasteiger partial charge in [-0.15, -0.1) is 0 Å². The van der Waals surface area contributed by atoms with E-state index in [1.807, 2.05) is 12.4 Å². The number of pyridine rings is 1. The van der Waals surface area contributed by atoms with Crippen LogP contribution in [-0.2, 0) is 16.0 Å². The largest absolute Gasteiger partial charge is 0.381 e. The monoisotopic (exact) mass is 292 g/mol. The first-order valence-electron chi connectivity index (χ1n) is 8.04. The molecule has 0 spiro atoms. The summed E-state index contributed by atoms with van der Waals surface area (Å²) in [5.74, 6) is 0.679. The lowest BCUT2D eigenvalue weighted by Gasteiger charge is -2.25. The second kappa shape index (κ2) is 9.13. The van der Waals surface area contributed by atoms with Crippen molar-refractivity contribution in [3.05, 3.63) is 30.1 Å². The highest BCUT2D eigenvalue weighted by atomic mass is 16.5. The molecule has 0 aliphatic carbocycles. The molecule has 1 aliphatic heterocycles. The molecule has 0 N–H and O–H groups in total. The highest BCUT2D eigenvalue weighted by Crippen LogP contribution is 2.16. The van der Waals surface area contributed by atoms with E-state index in [-0.39, 0.29) is 0 Å². The van der Waals surface area contributed by atoms with Crippen LogP contribution in [0.2, 0.25) is 0 Å². The third-order valence-electron chi connectivity index (χ3n) is 3.77. The third kappa shape index (κ3) is 6.55. The first kappa shape index (κ1) is 16.4. The lowest BCUT2D eigenvalue weighted by atomic mass is 10.1. The van der Waals surface area contributed by atoms with Crippen molar-refractivity contribution in [2.24, 2.45) is 5.92 Å². The fraction of sp³-hybridized carbons (Fsp3) is 0.706. The average molecular weight is 292 g/mol. The fourth-order valence-electron chi connectivity index (χ4n) is 2.68. The van der Waals surface area contributed by atoms with Crippen LogP contribution in [-0.4, -0.2) is 48.9 Å². The number of nitrogens with zero attached hydrogens (tertiary/aromatic N) is 2. The van der Waals surface area contributed by atoms with Gasteiger partial charge >= 0.3 is 0 Å². The summed E-state index contributed by atoms with van der Waals surface area (Å²) in [5.41, 5.74) is 1.33. The van der Waals surface area contributed by atoms with E-state index >= 15 is 0 Å². The van der Waals surface area contributed by atoms with Gasteiger partial charge in [-0.05, 0) is 50.3 Å². The normalized spacial score (nSPS) is 18.8. The van der Waals surface area contributed by atoms with E-state index in [9.17, 15) is 0 Å². The summed E-state index contributed by atoms with van der Waals surface area (Å²) >= 11 is 0. The summed E-state index contributed by atoms with van der Waals surface area (Å²) in [6.45, 7) is 10.0. The van der Waals surface area contributed by atoms with Gasteiger partial charge in [0.2, 0.25) is 0 Å². The minimum Gasteiger partial charge on any atom is -0.381 e. The van der Waals surface area contributed by atoms with E-state index in [0.29, 0.717) is 12.0 Å². The zero-order valence-corrected chi connectivity index (χ0v) is 13.3. The van der Waals surface area contributed by atoms with E-state index in [1.165, 1.54) is 12.0 Å². The average Bonchev–Trinajstić information content (AvgIpc) is 2.97. The Kier molecular flexibility index (Phi) is 7.13. The van der Waals surface area contributed by atoms with Crippen molar-refractivity contribution >= 4 is 0 Å². The zero-order valence-electron chi connectivity index (χ0n) is 13.3. The maximum absolute atomic E-state index is 5.65. The topological polar surface area (TPSA) is 34.6 Å². The molecule has 1 aromatic heterocycles. The molecular formula is C17H28N2O2. The van der Waals surface area contributed by atoms with Crippen molar-refractivity contribution in [2.45, 2.75) is 39.3 Å². The van der Waals surface area contributed by atoms with Crippen LogP contribution in [0.25, 0.3) is 0 Å². The Hall–Kier alpha value is -0.970. The predicted molar refractivity (Wildman–Crippen MR) is 84.1 cm³/mol. The Bertz CT molecular complexity index is 378. The van der Waals surface area contributed by atoms with Crippen molar-refractivity contribution in [1.82, 2.24) is 9.88 Å². The predicted octanol–water partition coefficient (Wildman–Crippen LogP) is 2.74. The number of hydrogen-bond donors (Lipinski definition) is 0. The Balaban J connectivity index is 1.80. The van der Waals surface area contributed by atoms with Gasteiger partial charge in [-0.2, -0.15) is 0 Å². The number of ether oxygens (including phenoxy) is 2. The Morgan fingerprint density at radius 2 is 2.19 bits per heavy atom. The Morgan fingerprint density at radius 1 is 1.38 bits per heavy atom. The molecular weight excluding hydrogens is 264 g/mol. The molecule has 1 aromatic rings. The molecule has 1 atom stereocenters. The van der Waals surface area contributed by atoms with Crippen molar-refractivity contribution < 1.29 is 9.47 Å². The lowest BCUT2D eigenvalue weighted by molar-refractivity contribution is 0.0681. The molecule has 0 bridgehead atoms. The molecule has 21 heavy (non-hydrogen) atoms. The number of rotatable bonds is 9. The Morgan fingerprint density at radius 3 is 2.86 bits per heavy atom. The molecule has 4 heteroatoms. The SMILES string of the molecule is CC(C)OCCCN(Cc1ccncc1)C[C@H]1CCOC1. The number of hydrogen-bond acceptors (Lipinski definition) is 4. The summed E-state index contributed by atoms with van der Waals surface area (Å²) in [5, 5.41) is 0. The molecule has 2 heterocycles. The first-order chi connectivity index (χ1) is 10.2. The zero-order chi connectivity index (χ0) is 14.9. The molecule has 1 saturated heterocycles. The molecule has 1 aliphatic rings. The highest BCUT2D eigenvalue weighted by Gasteiger charge is 2.19. The van der Waals surface area contributed by atoms with E-state index in [1.54, 1.807) is 0 Å². The lowest BCUT2D eigenvalue weighted by Crippen LogP contribution is -2.31. The van der Waals surface area contributed by atoms with Crippen LogP contribution in [0, 0.1) is 5.92 Å². The minimum absolute atomic E-state index is 0.321. The highest BCUT2D eigenvalue weighted by molar-refractivity contribution is 5.09. The van der Waals surface area contributed by atoms with Gasteiger partial charge in [0, 0.05) is 45.2 Å². The second-order valence-corrected chi connectivity index (χ2v) is 6.09. The molecule has 0 saturated carbocycles. The summed E-state index contributed by atoms with van der Waals surface area (Å²) in [6, 6.07) is 4.20. The van der Waals surface area contributed by atoms with Gasteiger partial charge in [0.1, 0.15) is 0 Å². The van der Waals surface area contributed by atoms with Gasteiger partial charge in [0.05, 0.1) is 12.7 Å². The summed E-state index contributed by atoms with van der Waals surface area (Å²) in [6.07, 6.45) is 6.33. The van der Waals surface area contributed by atoms with Crippen LogP contribution in [0.3, 0.4) is 0 Å². The first-order valence-corrected chi connectivity index (χ1v) is 8.04. The van der Waals surface area contributed by atoms with Crippen LogP contribution in [0.5, 0.6) is 0 Å². The molecule has 0 radical (unpaired) electrons. The van der Waals surface area contributed by atoms with E-state index in [0.717, 1.165) is 45.9 Å². The van der Waals surface area contributed by atoms with Gasteiger partial charge in [-0.3, -0.25) is 9.88 Å². The maximum atomic E-state index is 5.65. The summed E-state index contributed by atoms with van der Waals surface area (Å²) in [4.78, 5) is 6.62. The summed E-state index contributed by atoms with van der Waals surface area (Å²) in [7, 11) is 0. The quantitative estimate of drug-likeness (QED) is 0.656.